The van der Waals surface area contributed by atoms with E-state index in [1.165, 1.54) is 0 Å². The highest BCUT2D eigenvalue weighted by atomic mass is 19.3. The van der Waals surface area contributed by atoms with Crippen molar-refractivity contribution in [2.24, 2.45) is 0 Å². The molecule has 16 heavy (non-hydrogen) atoms. The molecule has 2 rings (SSSR count). The van der Waals surface area contributed by atoms with Crippen LogP contribution in [-0.2, 0) is 0 Å². The Morgan fingerprint density at radius 3 is 2.50 bits per heavy atom. The molecule has 1 fully saturated rings. The number of hydrogen-bond acceptors (Lipinski definition) is 2. The van der Waals surface area contributed by atoms with Crippen molar-refractivity contribution in [1.82, 2.24) is 0 Å². The maximum Gasteiger partial charge on any atom is 0.387 e. The lowest BCUT2D eigenvalue weighted by Gasteiger charge is -2.27. The standard InChI is InChI=1S/C11H11F3O2/c12-7-4-5-9(16-11(13)14)10(6-7)15-8-2-1-3-8/h4-6,8,11H,1-3H2. The van der Waals surface area contributed by atoms with Gasteiger partial charge in [-0.2, -0.15) is 8.78 Å². The molecule has 88 valence electrons. The van der Waals surface area contributed by atoms with Gasteiger partial charge in [-0.1, -0.05) is 0 Å². The molecule has 0 radical (unpaired) electrons. The highest BCUT2D eigenvalue weighted by Crippen LogP contribution is 2.33. The SMILES string of the molecule is Fc1ccc(OC(F)F)c(OC2CCC2)c1. The van der Waals surface area contributed by atoms with Gasteiger partial charge in [-0.25, -0.2) is 4.39 Å². The summed E-state index contributed by atoms with van der Waals surface area (Å²) in [7, 11) is 0. The van der Waals surface area contributed by atoms with Crippen LogP contribution in [0.2, 0.25) is 0 Å². The van der Waals surface area contributed by atoms with Gasteiger partial charge >= 0.3 is 6.61 Å². The number of benzene rings is 1. The number of hydrogen-bond donors (Lipinski definition) is 0. The lowest BCUT2D eigenvalue weighted by molar-refractivity contribution is -0.0527. The van der Waals surface area contributed by atoms with Gasteiger partial charge in [0.25, 0.3) is 0 Å². The van der Waals surface area contributed by atoms with Gasteiger partial charge in [-0.05, 0) is 31.4 Å². The van der Waals surface area contributed by atoms with Gasteiger partial charge in [0.2, 0.25) is 0 Å². The molecule has 0 amide bonds. The quantitative estimate of drug-likeness (QED) is 0.792. The lowest BCUT2D eigenvalue weighted by atomic mass is 9.96. The van der Waals surface area contributed by atoms with Crippen molar-refractivity contribution < 1.29 is 22.6 Å². The van der Waals surface area contributed by atoms with E-state index in [1.807, 2.05) is 0 Å². The summed E-state index contributed by atoms with van der Waals surface area (Å²) >= 11 is 0. The topological polar surface area (TPSA) is 18.5 Å². The molecule has 2 nitrogen and oxygen atoms in total. The van der Waals surface area contributed by atoms with E-state index in [1.54, 1.807) is 0 Å². The fraction of sp³-hybridized carbons (Fsp3) is 0.455. The van der Waals surface area contributed by atoms with Crippen LogP contribution >= 0.6 is 0 Å². The zero-order valence-corrected chi connectivity index (χ0v) is 8.46. The third-order valence-electron chi connectivity index (χ3n) is 2.47. The van der Waals surface area contributed by atoms with Crippen molar-refractivity contribution in [3.63, 3.8) is 0 Å². The van der Waals surface area contributed by atoms with Crippen LogP contribution in [-0.4, -0.2) is 12.7 Å². The van der Waals surface area contributed by atoms with E-state index in [4.69, 9.17) is 4.74 Å². The van der Waals surface area contributed by atoms with Crippen LogP contribution in [0.3, 0.4) is 0 Å². The normalized spacial score (nSPS) is 16.0. The molecular weight excluding hydrogens is 221 g/mol. The predicted molar refractivity (Wildman–Crippen MR) is 51.3 cm³/mol. The molecule has 1 aromatic carbocycles. The monoisotopic (exact) mass is 232 g/mol. The molecule has 0 atom stereocenters. The van der Waals surface area contributed by atoms with Crippen LogP contribution in [0, 0.1) is 5.82 Å². The van der Waals surface area contributed by atoms with Gasteiger partial charge in [0, 0.05) is 6.07 Å². The van der Waals surface area contributed by atoms with Crippen LogP contribution in [0.25, 0.3) is 0 Å². The Labute approximate surface area is 91.0 Å². The minimum atomic E-state index is -2.94. The molecule has 0 unspecified atom stereocenters. The Morgan fingerprint density at radius 1 is 1.19 bits per heavy atom. The van der Waals surface area contributed by atoms with Gasteiger partial charge in [0.15, 0.2) is 11.5 Å². The van der Waals surface area contributed by atoms with E-state index in [0.717, 1.165) is 37.5 Å². The van der Waals surface area contributed by atoms with Crippen molar-refractivity contribution in [2.45, 2.75) is 32.0 Å². The van der Waals surface area contributed by atoms with E-state index < -0.39 is 12.4 Å². The zero-order chi connectivity index (χ0) is 11.5. The number of ether oxygens (including phenoxy) is 2. The summed E-state index contributed by atoms with van der Waals surface area (Å²) in [5.41, 5.74) is 0. The largest absolute Gasteiger partial charge is 0.486 e. The Morgan fingerprint density at radius 2 is 1.94 bits per heavy atom. The number of alkyl halides is 2. The molecule has 0 aliphatic heterocycles. The first-order valence-corrected chi connectivity index (χ1v) is 5.06. The molecule has 0 bridgehead atoms. The molecule has 1 aliphatic rings. The lowest BCUT2D eigenvalue weighted by Crippen LogP contribution is -2.25. The first-order chi connectivity index (χ1) is 7.65. The van der Waals surface area contributed by atoms with Crippen molar-refractivity contribution in [3.05, 3.63) is 24.0 Å². The fourth-order valence-corrected chi connectivity index (χ4v) is 1.44. The third kappa shape index (κ3) is 2.59. The number of halogens is 3. The van der Waals surface area contributed by atoms with Gasteiger partial charge in [0.1, 0.15) is 5.82 Å². The number of rotatable bonds is 4. The highest BCUT2D eigenvalue weighted by molar-refractivity contribution is 5.40. The van der Waals surface area contributed by atoms with E-state index in [2.05, 4.69) is 4.74 Å². The Balaban J connectivity index is 2.14. The van der Waals surface area contributed by atoms with E-state index >= 15 is 0 Å². The first kappa shape index (κ1) is 11.1. The molecule has 1 aromatic rings. The molecule has 0 saturated heterocycles. The second kappa shape index (κ2) is 4.63. The van der Waals surface area contributed by atoms with Crippen LogP contribution in [0.4, 0.5) is 13.2 Å². The maximum absolute atomic E-state index is 12.9. The van der Waals surface area contributed by atoms with Gasteiger partial charge in [-0.3, -0.25) is 0 Å². The van der Waals surface area contributed by atoms with Crippen LogP contribution < -0.4 is 9.47 Å². The zero-order valence-electron chi connectivity index (χ0n) is 8.46. The fourth-order valence-electron chi connectivity index (χ4n) is 1.44. The second-order valence-electron chi connectivity index (χ2n) is 3.64. The highest BCUT2D eigenvalue weighted by Gasteiger charge is 2.21. The van der Waals surface area contributed by atoms with Crippen molar-refractivity contribution >= 4 is 0 Å². The van der Waals surface area contributed by atoms with Crippen molar-refractivity contribution in [2.75, 3.05) is 0 Å². The minimum Gasteiger partial charge on any atom is -0.486 e. The van der Waals surface area contributed by atoms with Crippen LogP contribution in [0.5, 0.6) is 11.5 Å². The molecule has 0 N–H and O–H groups in total. The predicted octanol–water partition coefficient (Wildman–Crippen LogP) is 3.36. The second-order valence-corrected chi connectivity index (χ2v) is 3.64. The van der Waals surface area contributed by atoms with Crippen LogP contribution in [0.1, 0.15) is 19.3 Å². The molecule has 0 heterocycles. The molecule has 5 heteroatoms. The summed E-state index contributed by atoms with van der Waals surface area (Å²) in [6.07, 6.45) is 2.77. The van der Waals surface area contributed by atoms with E-state index in [0.29, 0.717) is 0 Å². The summed E-state index contributed by atoms with van der Waals surface area (Å²) in [6, 6.07) is 3.27. The van der Waals surface area contributed by atoms with Crippen LogP contribution in [0.15, 0.2) is 18.2 Å². The Hall–Kier alpha value is -1.39. The maximum atomic E-state index is 12.9. The summed E-state index contributed by atoms with van der Waals surface area (Å²) in [5, 5.41) is 0. The Kier molecular flexibility index (Phi) is 3.22. The minimum absolute atomic E-state index is 0.0122. The Bertz CT molecular complexity index is 364. The average Bonchev–Trinajstić information content (AvgIpc) is 2.15. The van der Waals surface area contributed by atoms with Crippen molar-refractivity contribution in [1.29, 1.82) is 0 Å². The molecule has 1 saturated carbocycles. The van der Waals surface area contributed by atoms with Gasteiger partial charge in [-0.15, -0.1) is 0 Å². The van der Waals surface area contributed by atoms with E-state index in [-0.39, 0.29) is 17.6 Å². The average molecular weight is 232 g/mol. The molecule has 1 aliphatic carbocycles. The molecular formula is C11H11F3O2. The summed E-state index contributed by atoms with van der Waals surface area (Å²) in [5.74, 6) is -0.607. The molecule has 0 aromatic heterocycles. The van der Waals surface area contributed by atoms with E-state index in [9.17, 15) is 13.2 Å². The first-order valence-electron chi connectivity index (χ1n) is 5.06. The summed E-state index contributed by atoms with van der Waals surface area (Å²) < 4.78 is 46.7. The summed E-state index contributed by atoms with van der Waals surface area (Å²) in [4.78, 5) is 0. The third-order valence-corrected chi connectivity index (χ3v) is 2.47. The van der Waals surface area contributed by atoms with Crippen molar-refractivity contribution in [3.8, 4) is 11.5 Å². The smallest absolute Gasteiger partial charge is 0.387 e. The molecule has 0 spiro atoms. The van der Waals surface area contributed by atoms with Gasteiger partial charge in [0.05, 0.1) is 6.10 Å². The summed E-state index contributed by atoms with van der Waals surface area (Å²) in [6.45, 7) is -2.94. The van der Waals surface area contributed by atoms with Gasteiger partial charge < -0.3 is 9.47 Å².